The van der Waals surface area contributed by atoms with Gasteiger partial charge < -0.3 is 5.11 Å². The second kappa shape index (κ2) is 9.86. The van der Waals surface area contributed by atoms with Gasteiger partial charge in [0, 0.05) is 31.1 Å². The molecular formula is C29H34N2O3S. The van der Waals surface area contributed by atoms with Gasteiger partial charge in [-0.3, -0.25) is 4.90 Å². The zero-order valence-corrected chi connectivity index (χ0v) is 21.3. The Hall–Kier alpha value is -2.51. The molecule has 3 aromatic rings. The van der Waals surface area contributed by atoms with Gasteiger partial charge >= 0.3 is 0 Å². The van der Waals surface area contributed by atoms with Gasteiger partial charge in [-0.05, 0) is 67.6 Å². The summed E-state index contributed by atoms with van der Waals surface area (Å²) in [5.74, 6) is 0.0971. The molecule has 3 aromatic carbocycles. The van der Waals surface area contributed by atoms with Gasteiger partial charge in [-0.2, -0.15) is 4.31 Å². The van der Waals surface area contributed by atoms with Crippen LogP contribution in [0.1, 0.15) is 35.4 Å². The third-order valence-corrected chi connectivity index (χ3v) is 9.47. The van der Waals surface area contributed by atoms with Gasteiger partial charge in [0.2, 0.25) is 10.0 Å². The number of sulfonamides is 1. The van der Waals surface area contributed by atoms with Gasteiger partial charge in [-0.15, -0.1) is 0 Å². The highest BCUT2D eigenvalue weighted by Crippen LogP contribution is 2.43. The smallest absolute Gasteiger partial charge is 0.243 e. The predicted molar refractivity (Wildman–Crippen MR) is 140 cm³/mol. The van der Waals surface area contributed by atoms with Crippen LogP contribution in [-0.2, 0) is 10.0 Å². The van der Waals surface area contributed by atoms with E-state index in [1.165, 1.54) is 11.1 Å². The van der Waals surface area contributed by atoms with Crippen LogP contribution in [0.4, 0.5) is 0 Å². The van der Waals surface area contributed by atoms with Crippen molar-refractivity contribution in [2.45, 2.75) is 49.6 Å². The second-order valence-electron chi connectivity index (χ2n) is 9.96. The van der Waals surface area contributed by atoms with Crippen LogP contribution in [0, 0.1) is 13.8 Å². The summed E-state index contributed by atoms with van der Waals surface area (Å²) in [5.41, 5.74) is 5.68. The predicted octanol–water partition coefficient (Wildman–Crippen LogP) is 4.58. The van der Waals surface area contributed by atoms with Crippen LogP contribution < -0.4 is 0 Å². The lowest BCUT2D eigenvalue weighted by Gasteiger charge is -2.57. The molecule has 2 aliphatic heterocycles. The molecule has 6 heteroatoms. The van der Waals surface area contributed by atoms with E-state index in [0.717, 1.165) is 36.1 Å². The minimum atomic E-state index is -3.58. The summed E-state index contributed by atoms with van der Waals surface area (Å²) in [6, 6.07) is 24.3. The van der Waals surface area contributed by atoms with Crippen molar-refractivity contribution in [3.63, 3.8) is 0 Å². The lowest BCUT2D eigenvalue weighted by Crippen LogP contribution is -2.67. The number of aliphatic hydroxyl groups excluding tert-OH is 1. The van der Waals surface area contributed by atoms with E-state index in [1.807, 2.05) is 19.1 Å². The maximum Gasteiger partial charge on any atom is 0.243 e. The van der Waals surface area contributed by atoms with E-state index in [1.54, 1.807) is 16.4 Å². The van der Waals surface area contributed by atoms with Crippen molar-refractivity contribution in [3.8, 4) is 11.1 Å². The van der Waals surface area contributed by atoms with Gasteiger partial charge in [-0.25, -0.2) is 8.42 Å². The Morgan fingerprint density at radius 1 is 0.857 bits per heavy atom. The Morgan fingerprint density at radius 3 is 2.23 bits per heavy atom. The van der Waals surface area contributed by atoms with Gasteiger partial charge in [0.05, 0.1) is 11.5 Å². The molecule has 5 nitrogen and oxygen atoms in total. The van der Waals surface area contributed by atoms with E-state index in [2.05, 4.69) is 60.4 Å². The van der Waals surface area contributed by atoms with Gasteiger partial charge in [0.15, 0.2) is 0 Å². The third kappa shape index (κ3) is 4.68. The van der Waals surface area contributed by atoms with E-state index < -0.39 is 10.0 Å². The fraction of sp³-hybridized carbons (Fsp3) is 0.379. The number of hydrogen-bond donors (Lipinski definition) is 1. The number of rotatable bonds is 5. The van der Waals surface area contributed by atoms with Crippen molar-refractivity contribution in [3.05, 3.63) is 89.5 Å². The standard InChI is InChI=1S/C29H34N2O3S/c1-21-7-5-9-25(17-21)23-11-13-24(14-12-23)29-27-19-30(15-3-4-16-31(27)28(29)20-32)35(33,34)26-10-6-8-22(2)18-26/h5-14,17-18,27-29,32H,3-4,15-16,19-20H2,1-2H3/t27-,28-,29-/m0/s1. The summed E-state index contributed by atoms with van der Waals surface area (Å²) in [6.07, 6.45) is 1.74. The summed E-state index contributed by atoms with van der Waals surface area (Å²) in [4.78, 5) is 2.68. The summed E-state index contributed by atoms with van der Waals surface area (Å²) < 4.78 is 28.8. The van der Waals surface area contributed by atoms with Crippen LogP contribution in [0.25, 0.3) is 11.1 Å². The van der Waals surface area contributed by atoms with Crippen LogP contribution >= 0.6 is 0 Å². The molecule has 2 heterocycles. The van der Waals surface area contributed by atoms with Gasteiger partial charge in [0.1, 0.15) is 0 Å². The van der Waals surface area contributed by atoms with Crippen LogP contribution in [0.15, 0.2) is 77.7 Å². The molecule has 0 radical (unpaired) electrons. The summed E-state index contributed by atoms with van der Waals surface area (Å²) in [7, 11) is -3.58. The van der Waals surface area contributed by atoms with Crippen molar-refractivity contribution >= 4 is 10.0 Å². The lowest BCUT2D eigenvalue weighted by molar-refractivity contribution is -0.0553. The van der Waals surface area contributed by atoms with E-state index in [-0.39, 0.29) is 24.6 Å². The van der Waals surface area contributed by atoms with Crippen molar-refractivity contribution in [2.75, 3.05) is 26.2 Å². The molecular weight excluding hydrogens is 456 g/mol. The molecule has 35 heavy (non-hydrogen) atoms. The lowest BCUT2D eigenvalue weighted by atomic mass is 9.74. The first-order valence-corrected chi connectivity index (χ1v) is 13.9. The van der Waals surface area contributed by atoms with Crippen molar-refractivity contribution < 1.29 is 13.5 Å². The Bertz CT molecular complexity index is 1290. The maximum atomic E-state index is 13.6. The summed E-state index contributed by atoms with van der Waals surface area (Å²) in [6.45, 7) is 5.96. The first-order valence-electron chi connectivity index (χ1n) is 12.5. The summed E-state index contributed by atoms with van der Waals surface area (Å²) >= 11 is 0. The number of nitrogens with zero attached hydrogens (tertiary/aromatic N) is 2. The normalized spacial score (nSPS) is 23.7. The highest BCUT2D eigenvalue weighted by Gasteiger charge is 2.50. The first kappa shape index (κ1) is 24.2. The third-order valence-electron chi connectivity index (χ3n) is 7.61. The number of aryl methyl sites for hydroxylation is 2. The molecule has 0 aliphatic carbocycles. The average Bonchev–Trinajstić information content (AvgIpc) is 2.83. The number of hydrogen-bond acceptors (Lipinski definition) is 4. The van der Waals surface area contributed by atoms with Crippen LogP contribution in [-0.4, -0.2) is 61.1 Å². The molecule has 0 amide bonds. The monoisotopic (exact) mass is 490 g/mol. The van der Waals surface area contributed by atoms with E-state index >= 15 is 0 Å². The fourth-order valence-corrected chi connectivity index (χ4v) is 7.38. The van der Waals surface area contributed by atoms with Gasteiger partial charge in [-0.1, -0.05) is 66.2 Å². The Balaban J connectivity index is 1.43. The molecule has 0 bridgehead atoms. The Labute approximate surface area is 209 Å². The molecule has 0 unspecified atom stereocenters. The highest BCUT2D eigenvalue weighted by molar-refractivity contribution is 7.89. The molecule has 0 spiro atoms. The molecule has 5 rings (SSSR count). The minimum absolute atomic E-state index is 0.0199. The van der Waals surface area contributed by atoms with Crippen molar-refractivity contribution in [1.29, 1.82) is 0 Å². The van der Waals surface area contributed by atoms with Crippen LogP contribution in [0.3, 0.4) is 0 Å². The molecule has 3 atom stereocenters. The van der Waals surface area contributed by atoms with Crippen molar-refractivity contribution in [2.24, 2.45) is 0 Å². The van der Waals surface area contributed by atoms with Crippen molar-refractivity contribution in [1.82, 2.24) is 9.21 Å². The molecule has 2 fully saturated rings. The molecule has 2 saturated heterocycles. The molecule has 0 saturated carbocycles. The van der Waals surface area contributed by atoms with E-state index in [9.17, 15) is 13.5 Å². The second-order valence-corrected chi connectivity index (χ2v) is 11.9. The zero-order chi connectivity index (χ0) is 24.6. The SMILES string of the molecule is Cc1cccc(-c2ccc([C@@H]3[C@H](CO)N4CCCCN(S(=O)(=O)c5cccc(C)c5)C[C@@H]34)cc2)c1. The largest absolute Gasteiger partial charge is 0.395 e. The average molecular weight is 491 g/mol. The van der Waals surface area contributed by atoms with E-state index in [0.29, 0.717) is 18.0 Å². The molecule has 2 aliphatic rings. The van der Waals surface area contributed by atoms with Crippen LogP contribution in [0.2, 0.25) is 0 Å². The number of aliphatic hydroxyl groups is 1. The zero-order valence-electron chi connectivity index (χ0n) is 20.5. The minimum Gasteiger partial charge on any atom is -0.395 e. The fourth-order valence-electron chi connectivity index (χ4n) is 5.77. The highest BCUT2D eigenvalue weighted by atomic mass is 32.2. The topological polar surface area (TPSA) is 60.9 Å². The van der Waals surface area contributed by atoms with Gasteiger partial charge in [0.25, 0.3) is 0 Å². The van der Waals surface area contributed by atoms with Crippen LogP contribution in [0.5, 0.6) is 0 Å². The van der Waals surface area contributed by atoms with E-state index in [4.69, 9.17) is 0 Å². The Kier molecular flexibility index (Phi) is 6.82. The number of fused-ring (bicyclic) bond motifs is 1. The Morgan fingerprint density at radius 2 is 1.54 bits per heavy atom. The molecule has 0 aromatic heterocycles. The maximum absolute atomic E-state index is 13.6. The molecule has 184 valence electrons. The first-order chi connectivity index (χ1) is 16.9. The molecule has 1 N–H and O–H groups in total. The quantitative estimate of drug-likeness (QED) is 0.569. The number of benzene rings is 3. The summed E-state index contributed by atoms with van der Waals surface area (Å²) in [5, 5.41) is 10.2.